The van der Waals surface area contributed by atoms with Crippen LogP contribution in [-0.2, 0) is 6.42 Å². The lowest BCUT2D eigenvalue weighted by Crippen LogP contribution is -2.07. The standard InChI is InChI=1S/C17H16F2O/c1-10-6-11(2)14(12(3)7-10)9-17(20)13-4-5-15(18)16(19)8-13/h4-8H,9H2,1-3H3. The molecule has 0 saturated heterocycles. The van der Waals surface area contributed by atoms with Crippen LogP contribution in [0, 0.1) is 32.4 Å². The molecule has 0 unspecified atom stereocenters. The molecule has 0 aliphatic rings. The number of ketones is 1. The van der Waals surface area contributed by atoms with Crippen molar-refractivity contribution >= 4 is 5.78 Å². The Kier molecular flexibility index (Phi) is 3.98. The fourth-order valence-electron chi connectivity index (χ4n) is 2.42. The summed E-state index contributed by atoms with van der Waals surface area (Å²) >= 11 is 0. The van der Waals surface area contributed by atoms with Gasteiger partial charge in [0.1, 0.15) is 0 Å². The Morgan fingerprint density at radius 1 is 0.950 bits per heavy atom. The Balaban J connectivity index is 2.30. The maximum Gasteiger partial charge on any atom is 0.167 e. The summed E-state index contributed by atoms with van der Waals surface area (Å²) in [6.45, 7) is 5.91. The van der Waals surface area contributed by atoms with E-state index < -0.39 is 11.6 Å². The Bertz CT molecular complexity index is 652. The van der Waals surface area contributed by atoms with Gasteiger partial charge in [0.2, 0.25) is 0 Å². The van der Waals surface area contributed by atoms with E-state index in [0.717, 1.165) is 34.4 Å². The number of rotatable bonds is 3. The molecule has 3 heteroatoms. The molecule has 20 heavy (non-hydrogen) atoms. The van der Waals surface area contributed by atoms with E-state index >= 15 is 0 Å². The smallest absolute Gasteiger partial charge is 0.167 e. The summed E-state index contributed by atoms with van der Waals surface area (Å²) in [4.78, 5) is 12.2. The lowest BCUT2D eigenvalue weighted by molar-refractivity contribution is 0.0992. The minimum absolute atomic E-state index is 0.197. The molecule has 0 atom stereocenters. The van der Waals surface area contributed by atoms with Gasteiger partial charge in [-0.2, -0.15) is 0 Å². The molecule has 0 spiro atoms. The molecule has 0 amide bonds. The lowest BCUT2D eigenvalue weighted by Gasteiger charge is -2.11. The molecule has 1 nitrogen and oxygen atoms in total. The van der Waals surface area contributed by atoms with Gasteiger partial charge in [0.15, 0.2) is 17.4 Å². The Hall–Kier alpha value is -2.03. The molecule has 0 bridgehead atoms. The highest BCUT2D eigenvalue weighted by Gasteiger charge is 2.13. The van der Waals surface area contributed by atoms with E-state index in [1.807, 2.05) is 32.9 Å². The number of aryl methyl sites for hydroxylation is 3. The summed E-state index contributed by atoms with van der Waals surface area (Å²) in [5.74, 6) is -2.14. The summed E-state index contributed by atoms with van der Waals surface area (Å²) in [6, 6.07) is 7.29. The van der Waals surface area contributed by atoms with Crippen molar-refractivity contribution in [3.8, 4) is 0 Å². The molecule has 0 aliphatic carbocycles. The molecule has 0 heterocycles. The van der Waals surface area contributed by atoms with Crippen molar-refractivity contribution in [3.05, 3.63) is 69.8 Å². The monoisotopic (exact) mass is 274 g/mol. The predicted octanol–water partition coefficient (Wildman–Crippen LogP) is 4.32. The third kappa shape index (κ3) is 2.93. The molecule has 0 aromatic heterocycles. The minimum Gasteiger partial charge on any atom is -0.294 e. The molecule has 0 saturated carbocycles. The van der Waals surface area contributed by atoms with Gasteiger partial charge in [-0.3, -0.25) is 4.79 Å². The first-order valence-corrected chi connectivity index (χ1v) is 6.43. The molecule has 2 aromatic carbocycles. The quantitative estimate of drug-likeness (QED) is 0.762. The van der Waals surface area contributed by atoms with Crippen LogP contribution in [0.3, 0.4) is 0 Å². The number of carbonyl (C=O) groups is 1. The summed E-state index contributed by atoms with van der Waals surface area (Å²) in [5, 5.41) is 0. The van der Waals surface area contributed by atoms with Crippen LogP contribution in [0.15, 0.2) is 30.3 Å². The minimum atomic E-state index is -0.992. The van der Waals surface area contributed by atoms with Crippen LogP contribution in [0.4, 0.5) is 8.78 Å². The Labute approximate surface area is 117 Å². The molecule has 0 radical (unpaired) electrons. The molecule has 0 N–H and O–H groups in total. The molecule has 2 rings (SSSR count). The zero-order chi connectivity index (χ0) is 14.9. The van der Waals surface area contributed by atoms with Crippen LogP contribution in [-0.4, -0.2) is 5.78 Å². The molecule has 2 aromatic rings. The molecule has 104 valence electrons. The summed E-state index contributed by atoms with van der Waals surface area (Å²) < 4.78 is 26.0. The van der Waals surface area contributed by atoms with E-state index in [-0.39, 0.29) is 17.8 Å². The topological polar surface area (TPSA) is 17.1 Å². The molecule has 0 fully saturated rings. The summed E-state index contributed by atoms with van der Waals surface area (Å²) in [6.07, 6.45) is 0.197. The SMILES string of the molecule is Cc1cc(C)c(CC(=O)c2ccc(F)c(F)c2)c(C)c1. The van der Waals surface area contributed by atoms with Crippen molar-refractivity contribution in [3.63, 3.8) is 0 Å². The van der Waals surface area contributed by atoms with Gasteiger partial charge < -0.3 is 0 Å². The van der Waals surface area contributed by atoms with Gasteiger partial charge in [-0.1, -0.05) is 17.7 Å². The first kappa shape index (κ1) is 14.4. The van der Waals surface area contributed by atoms with Crippen LogP contribution >= 0.6 is 0 Å². The zero-order valence-corrected chi connectivity index (χ0v) is 11.8. The van der Waals surface area contributed by atoms with E-state index in [2.05, 4.69) is 0 Å². The second kappa shape index (κ2) is 5.53. The van der Waals surface area contributed by atoms with Gasteiger partial charge in [-0.25, -0.2) is 8.78 Å². The number of Topliss-reactive ketones (excluding diaryl/α,β-unsaturated/α-hetero) is 1. The Morgan fingerprint density at radius 3 is 2.10 bits per heavy atom. The molecular weight excluding hydrogens is 258 g/mol. The predicted molar refractivity (Wildman–Crippen MR) is 75.0 cm³/mol. The number of hydrogen-bond donors (Lipinski definition) is 0. The van der Waals surface area contributed by atoms with Crippen LogP contribution in [0.1, 0.15) is 32.6 Å². The maximum atomic E-state index is 13.2. The zero-order valence-electron chi connectivity index (χ0n) is 11.8. The van der Waals surface area contributed by atoms with E-state index in [9.17, 15) is 13.6 Å². The number of halogens is 2. The van der Waals surface area contributed by atoms with Gasteiger partial charge in [0, 0.05) is 12.0 Å². The lowest BCUT2D eigenvalue weighted by atomic mass is 9.94. The summed E-state index contributed by atoms with van der Waals surface area (Å²) in [5.41, 5.74) is 4.37. The third-order valence-electron chi connectivity index (χ3n) is 3.42. The molecule has 0 aliphatic heterocycles. The maximum absolute atomic E-state index is 13.2. The average molecular weight is 274 g/mol. The van der Waals surface area contributed by atoms with Crippen molar-refractivity contribution in [2.75, 3.05) is 0 Å². The van der Waals surface area contributed by atoms with Crippen LogP contribution in [0.25, 0.3) is 0 Å². The first-order valence-electron chi connectivity index (χ1n) is 6.43. The fourth-order valence-corrected chi connectivity index (χ4v) is 2.42. The van der Waals surface area contributed by atoms with Gasteiger partial charge in [0.25, 0.3) is 0 Å². The van der Waals surface area contributed by atoms with Gasteiger partial charge in [-0.05, 0) is 55.7 Å². The van der Waals surface area contributed by atoms with Crippen molar-refractivity contribution in [1.82, 2.24) is 0 Å². The molecular formula is C17H16F2O. The first-order chi connectivity index (χ1) is 9.38. The van der Waals surface area contributed by atoms with Crippen molar-refractivity contribution in [2.24, 2.45) is 0 Å². The van der Waals surface area contributed by atoms with Crippen molar-refractivity contribution in [2.45, 2.75) is 27.2 Å². The van der Waals surface area contributed by atoms with Crippen molar-refractivity contribution in [1.29, 1.82) is 0 Å². The van der Waals surface area contributed by atoms with Crippen LogP contribution in [0.2, 0.25) is 0 Å². The largest absolute Gasteiger partial charge is 0.294 e. The average Bonchev–Trinajstić information content (AvgIpc) is 2.36. The highest BCUT2D eigenvalue weighted by molar-refractivity contribution is 5.97. The third-order valence-corrected chi connectivity index (χ3v) is 3.42. The number of carbonyl (C=O) groups excluding carboxylic acids is 1. The second-order valence-electron chi connectivity index (χ2n) is 5.11. The normalized spacial score (nSPS) is 10.7. The summed E-state index contributed by atoms with van der Waals surface area (Å²) in [7, 11) is 0. The highest BCUT2D eigenvalue weighted by atomic mass is 19.2. The van der Waals surface area contributed by atoms with E-state index in [4.69, 9.17) is 0 Å². The van der Waals surface area contributed by atoms with Gasteiger partial charge >= 0.3 is 0 Å². The Morgan fingerprint density at radius 2 is 1.55 bits per heavy atom. The van der Waals surface area contributed by atoms with Gasteiger partial charge in [0.05, 0.1) is 0 Å². The highest BCUT2D eigenvalue weighted by Crippen LogP contribution is 2.19. The fraction of sp³-hybridized carbons (Fsp3) is 0.235. The number of benzene rings is 2. The van der Waals surface area contributed by atoms with Gasteiger partial charge in [-0.15, -0.1) is 0 Å². The van der Waals surface area contributed by atoms with E-state index in [1.54, 1.807) is 0 Å². The van der Waals surface area contributed by atoms with E-state index in [1.165, 1.54) is 6.07 Å². The number of hydrogen-bond acceptors (Lipinski definition) is 1. The van der Waals surface area contributed by atoms with Crippen molar-refractivity contribution < 1.29 is 13.6 Å². The second-order valence-corrected chi connectivity index (χ2v) is 5.11. The van der Waals surface area contributed by atoms with Crippen LogP contribution < -0.4 is 0 Å². The van der Waals surface area contributed by atoms with Crippen LogP contribution in [0.5, 0.6) is 0 Å². The van der Waals surface area contributed by atoms with E-state index in [0.29, 0.717) is 0 Å².